The lowest BCUT2D eigenvalue weighted by molar-refractivity contribution is -0.138. The lowest BCUT2D eigenvalue weighted by Gasteiger charge is -2.35. The zero-order valence-corrected chi connectivity index (χ0v) is 11.1. The van der Waals surface area contributed by atoms with Crippen molar-refractivity contribution in [3.05, 3.63) is 0 Å². The average Bonchev–Trinajstić information content (AvgIpc) is 2.12. The van der Waals surface area contributed by atoms with E-state index in [2.05, 4.69) is 26.1 Å². The highest BCUT2D eigenvalue weighted by molar-refractivity contribution is 5.85. The first-order valence-electron chi connectivity index (χ1n) is 5.92. The van der Waals surface area contributed by atoms with Crippen LogP contribution in [0.4, 0.5) is 0 Å². The molecule has 1 amide bonds. The Labute approximate surface area is 94.2 Å². The molecule has 0 aliphatic carbocycles. The van der Waals surface area contributed by atoms with Crippen molar-refractivity contribution in [3.8, 4) is 0 Å². The molecule has 0 atom stereocenters. The number of amides is 1. The molecule has 0 fully saturated rings. The minimum Gasteiger partial charge on any atom is -0.339 e. The van der Waals surface area contributed by atoms with Gasteiger partial charge in [0.05, 0.1) is 5.54 Å². The monoisotopic (exact) mass is 214 g/mol. The van der Waals surface area contributed by atoms with Crippen LogP contribution in [0.2, 0.25) is 0 Å². The molecule has 0 rings (SSSR count). The Morgan fingerprint density at radius 1 is 1.33 bits per heavy atom. The number of nitrogens with zero attached hydrogens (tertiary/aromatic N) is 1. The van der Waals surface area contributed by atoms with Gasteiger partial charge in [-0.2, -0.15) is 0 Å². The molecule has 0 heterocycles. The van der Waals surface area contributed by atoms with Crippen LogP contribution in [-0.2, 0) is 4.79 Å². The van der Waals surface area contributed by atoms with Gasteiger partial charge in [-0.05, 0) is 40.7 Å². The largest absolute Gasteiger partial charge is 0.339 e. The predicted molar refractivity (Wildman–Crippen MR) is 64.9 cm³/mol. The standard InChI is InChI=1S/C12H26N2O/c1-7-9-14(10(3)4)11(15)12(5,6)13-8-2/h10,13H,7-9H2,1-6H3. The number of nitrogens with one attached hydrogen (secondary N) is 1. The van der Waals surface area contributed by atoms with Gasteiger partial charge < -0.3 is 10.2 Å². The Morgan fingerprint density at radius 3 is 2.20 bits per heavy atom. The van der Waals surface area contributed by atoms with Gasteiger partial charge in [0.2, 0.25) is 5.91 Å². The molecule has 1 N–H and O–H groups in total. The lowest BCUT2D eigenvalue weighted by atomic mass is 10.0. The van der Waals surface area contributed by atoms with E-state index in [0.717, 1.165) is 19.5 Å². The second-order valence-corrected chi connectivity index (χ2v) is 4.75. The average molecular weight is 214 g/mol. The zero-order valence-electron chi connectivity index (χ0n) is 11.1. The van der Waals surface area contributed by atoms with Gasteiger partial charge in [0.15, 0.2) is 0 Å². The number of likely N-dealkylation sites (N-methyl/N-ethyl adjacent to an activating group) is 1. The molecule has 0 aromatic heterocycles. The summed E-state index contributed by atoms with van der Waals surface area (Å²) in [5, 5.41) is 3.22. The fraction of sp³-hybridized carbons (Fsp3) is 0.917. The third kappa shape index (κ3) is 4.20. The topological polar surface area (TPSA) is 32.3 Å². The van der Waals surface area contributed by atoms with Crippen LogP contribution in [0.15, 0.2) is 0 Å². The summed E-state index contributed by atoms with van der Waals surface area (Å²) in [5.41, 5.74) is -0.450. The fourth-order valence-electron chi connectivity index (χ4n) is 1.71. The maximum absolute atomic E-state index is 12.2. The molecule has 0 saturated heterocycles. The molecule has 3 nitrogen and oxygen atoms in total. The summed E-state index contributed by atoms with van der Waals surface area (Å²) >= 11 is 0. The van der Waals surface area contributed by atoms with Gasteiger partial charge in [0, 0.05) is 12.6 Å². The van der Waals surface area contributed by atoms with E-state index in [4.69, 9.17) is 0 Å². The van der Waals surface area contributed by atoms with E-state index in [1.54, 1.807) is 0 Å². The molecule has 0 bridgehead atoms. The summed E-state index contributed by atoms with van der Waals surface area (Å²) < 4.78 is 0. The molecule has 0 spiro atoms. The zero-order chi connectivity index (χ0) is 12.1. The molecule has 0 radical (unpaired) electrons. The van der Waals surface area contributed by atoms with Gasteiger partial charge >= 0.3 is 0 Å². The molecule has 0 saturated carbocycles. The highest BCUT2D eigenvalue weighted by Crippen LogP contribution is 2.11. The van der Waals surface area contributed by atoms with Gasteiger partial charge in [0.1, 0.15) is 0 Å². The van der Waals surface area contributed by atoms with E-state index in [9.17, 15) is 4.79 Å². The SMILES string of the molecule is CCCN(C(=O)C(C)(C)NCC)C(C)C. The Hall–Kier alpha value is -0.570. The molecule has 3 heteroatoms. The number of hydrogen-bond donors (Lipinski definition) is 1. The number of carbonyl (C=O) groups is 1. The molecular weight excluding hydrogens is 188 g/mol. The van der Waals surface area contributed by atoms with E-state index < -0.39 is 5.54 Å². The molecule has 0 aromatic rings. The number of rotatable bonds is 6. The van der Waals surface area contributed by atoms with Gasteiger partial charge in [-0.25, -0.2) is 0 Å². The van der Waals surface area contributed by atoms with E-state index in [-0.39, 0.29) is 11.9 Å². The van der Waals surface area contributed by atoms with Crippen LogP contribution < -0.4 is 5.32 Å². The maximum atomic E-state index is 12.2. The fourth-order valence-corrected chi connectivity index (χ4v) is 1.71. The van der Waals surface area contributed by atoms with Crippen molar-refractivity contribution in [1.82, 2.24) is 10.2 Å². The quantitative estimate of drug-likeness (QED) is 0.733. The van der Waals surface area contributed by atoms with Gasteiger partial charge in [-0.1, -0.05) is 13.8 Å². The third-order valence-electron chi connectivity index (χ3n) is 2.50. The van der Waals surface area contributed by atoms with Crippen molar-refractivity contribution in [2.75, 3.05) is 13.1 Å². The van der Waals surface area contributed by atoms with Crippen molar-refractivity contribution >= 4 is 5.91 Å². The predicted octanol–water partition coefficient (Wildman–Crippen LogP) is 2.02. The first-order chi connectivity index (χ1) is 6.86. The maximum Gasteiger partial charge on any atom is 0.242 e. The van der Waals surface area contributed by atoms with E-state index >= 15 is 0 Å². The minimum absolute atomic E-state index is 0.196. The van der Waals surface area contributed by atoms with Crippen LogP contribution in [-0.4, -0.2) is 35.5 Å². The van der Waals surface area contributed by atoms with Gasteiger partial charge in [-0.15, -0.1) is 0 Å². The van der Waals surface area contributed by atoms with Crippen molar-refractivity contribution in [1.29, 1.82) is 0 Å². The molecule has 0 aromatic carbocycles. The second kappa shape index (κ2) is 6.11. The summed E-state index contributed by atoms with van der Waals surface area (Å²) in [6.07, 6.45) is 1.01. The van der Waals surface area contributed by atoms with E-state index in [1.165, 1.54) is 0 Å². The van der Waals surface area contributed by atoms with Crippen LogP contribution >= 0.6 is 0 Å². The third-order valence-corrected chi connectivity index (χ3v) is 2.50. The summed E-state index contributed by atoms with van der Waals surface area (Å²) in [7, 11) is 0. The van der Waals surface area contributed by atoms with E-state index in [0.29, 0.717) is 0 Å². The molecular formula is C12H26N2O. The molecule has 0 aliphatic heterocycles. The molecule has 0 aliphatic rings. The Bertz CT molecular complexity index is 200. The summed E-state index contributed by atoms with van der Waals surface area (Å²) in [6, 6.07) is 0.274. The molecule has 0 unspecified atom stereocenters. The Morgan fingerprint density at radius 2 is 1.87 bits per heavy atom. The highest BCUT2D eigenvalue weighted by Gasteiger charge is 2.31. The smallest absolute Gasteiger partial charge is 0.242 e. The van der Waals surface area contributed by atoms with Crippen LogP contribution in [0.1, 0.15) is 48.0 Å². The number of hydrogen-bond acceptors (Lipinski definition) is 2. The van der Waals surface area contributed by atoms with Crippen molar-refractivity contribution < 1.29 is 4.79 Å². The van der Waals surface area contributed by atoms with Crippen LogP contribution in [0.3, 0.4) is 0 Å². The first kappa shape index (κ1) is 14.4. The minimum atomic E-state index is -0.450. The Kier molecular flexibility index (Phi) is 5.88. The van der Waals surface area contributed by atoms with Crippen LogP contribution in [0.25, 0.3) is 0 Å². The normalized spacial score (nSPS) is 11.9. The van der Waals surface area contributed by atoms with Crippen molar-refractivity contribution in [2.24, 2.45) is 0 Å². The van der Waals surface area contributed by atoms with Crippen LogP contribution in [0.5, 0.6) is 0 Å². The first-order valence-corrected chi connectivity index (χ1v) is 5.92. The molecule has 15 heavy (non-hydrogen) atoms. The molecule has 90 valence electrons. The second-order valence-electron chi connectivity index (χ2n) is 4.75. The van der Waals surface area contributed by atoms with E-state index in [1.807, 2.05) is 25.7 Å². The summed E-state index contributed by atoms with van der Waals surface area (Å²) in [6.45, 7) is 13.8. The summed E-state index contributed by atoms with van der Waals surface area (Å²) in [4.78, 5) is 14.2. The van der Waals surface area contributed by atoms with Gasteiger partial charge in [0.25, 0.3) is 0 Å². The van der Waals surface area contributed by atoms with Crippen molar-refractivity contribution in [2.45, 2.75) is 59.5 Å². The highest BCUT2D eigenvalue weighted by atomic mass is 16.2. The van der Waals surface area contributed by atoms with Gasteiger partial charge in [-0.3, -0.25) is 4.79 Å². The lowest BCUT2D eigenvalue weighted by Crippen LogP contribution is -2.55. The number of carbonyl (C=O) groups excluding carboxylic acids is 1. The van der Waals surface area contributed by atoms with Crippen molar-refractivity contribution in [3.63, 3.8) is 0 Å². The summed E-state index contributed by atoms with van der Waals surface area (Å²) in [5.74, 6) is 0.196. The van der Waals surface area contributed by atoms with Crippen LogP contribution in [0, 0.1) is 0 Å². The Balaban J connectivity index is 4.61.